The second-order valence-electron chi connectivity index (χ2n) is 5.96. The third kappa shape index (κ3) is 5.86. The summed E-state index contributed by atoms with van der Waals surface area (Å²) in [6.45, 7) is 5.88. The molecular weight excluding hydrogens is 352 g/mol. The Morgan fingerprint density at radius 3 is 2.23 bits per heavy atom. The van der Waals surface area contributed by atoms with Gasteiger partial charge in [-0.3, -0.25) is 4.79 Å². The molecule has 0 aromatic heterocycles. The summed E-state index contributed by atoms with van der Waals surface area (Å²) >= 11 is 0. The first-order chi connectivity index (χ1) is 12.3. The number of carbonyl (C=O) groups excluding carboxylic acids is 1. The maximum atomic E-state index is 12.3. The average Bonchev–Trinajstić information content (AvgIpc) is 2.59. The molecule has 0 aliphatic carbocycles. The van der Waals surface area contributed by atoms with Crippen LogP contribution in [0.5, 0.6) is 5.75 Å². The molecule has 0 heterocycles. The van der Waals surface area contributed by atoms with E-state index in [2.05, 4.69) is 10.0 Å². The van der Waals surface area contributed by atoms with Crippen LogP contribution in [0.4, 0.5) is 5.69 Å². The van der Waals surface area contributed by atoms with E-state index in [-0.39, 0.29) is 12.3 Å². The normalized spacial score (nSPS) is 11.2. The third-order valence-corrected chi connectivity index (χ3v) is 5.13. The van der Waals surface area contributed by atoms with E-state index in [1.165, 1.54) is 0 Å². The van der Waals surface area contributed by atoms with Crippen LogP contribution < -0.4 is 14.8 Å². The minimum Gasteiger partial charge on any atom is -0.494 e. The van der Waals surface area contributed by atoms with Crippen molar-refractivity contribution in [2.45, 2.75) is 26.5 Å². The second kappa shape index (κ2) is 8.82. The monoisotopic (exact) mass is 376 g/mol. The number of benzene rings is 2. The van der Waals surface area contributed by atoms with Crippen LogP contribution in [0.1, 0.15) is 23.6 Å². The number of sulfonamides is 1. The lowest BCUT2D eigenvalue weighted by Gasteiger charge is -2.12. The minimum absolute atomic E-state index is 0.151. The Bertz CT molecular complexity index is 841. The zero-order valence-corrected chi connectivity index (χ0v) is 16.0. The lowest BCUT2D eigenvalue weighted by molar-refractivity contribution is -0.115. The summed E-state index contributed by atoms with van der Waals surface area (Å²) in [6.07, 6.45) is 0. The van der Waals surface area contributed by atoms with Crippen molar-refractivity contribution in [3.05, 3.63) is 59.2 Å². The Kier molecular flexibility index (Phi) is 6.76. The van der Waals surface area contributed by atoms with Gasteiger partial charge in [0.15, 0.2) is 0 Å². The van der Waals surface area contributed by atoms with Gasteiger partial charge in [-0.25, -0.2) is 13.1 Å². The number of hydrogen-bond donors (Lipinski definition) is 2. The first kappa shape index (κ1) is 19.9. The number of aryl methyl sites for hydroxylation is 2. The first-order valence-electron chi connectivity index (χ1n) is 8.36. The van der Waals surface area contributed by atoms with Crippen molar-refractivity contribution in [3.63, 3.8) is 0 Å². The van der Waals surface area contributed by atoms with E-state index in [1.807, 2.05) is 39.0 Å². The summed E-state index contributed by atoms with van der Waals surface area (Å²) in [7, 11) is -3.61. The molecule has 0 aliphatic heterocycles. The summed E-state index contributed by atoms with van der Waals surface area (Å²) in [5, 5.41) is 2.65. The molecule has 6 nitrogen and oxygen atoms in total. The summed E-state index contributed by atoms with van der Waals surface area (Å²) in [6, 6.07) is 12.5. The van der Waals surface area contributed by atoms with Gasteiger partial charge in [-0.15, -0.1) is 0 Å². The molecule has 0 fully saturated rings. The van der Waals surface area contributed by atoms with Gasteiger partial charge < -0.3 is 10.1 Å². The van der Waals surface area contributed by atoms with Crippen molar-refractivity contribution < 1.29 is 17.9 Å². The Balaban J connectivity index is 1.91. The van der Waals surface area contributed by atoms with Crippen molar-refractivity contribution in [3.8, 4) is 5.75 Å². The molecule has 2 rings (SSSR count). The summed E-state index contributed by atoms with van der Waals surface area (Å²) < 4.78 is 32.2. The molecular formula is C19H24N2O4S. The zero-order chi connectivity index (χ0) is 19.2. The van der Waals surface area contributed by atoms with E-state index in [1.54, 1.807) is 24.3 Å². The molecule has 0 radical (unpaired) electrons. The number of rotatable bonds is 8. The van der Waals surface area contributed by atoms with Crippen LogP contribution >= 0.6 is 0 Å². The van der Waals surface area contributed by atoms with Crippen molar-refractivity contribution in [1.29, 1.82) is 0 Å². The van der Waals surface area contributed by atoms with Crippen LogP contribution in [0.15, 0.2) is 42.5 Å². The number of nitrogens with one attached hydrogen (secondary N) is 2. The minimum atomic E-state index is -3.61. The molecule has 0 atom stereocenters. The summed E-state index contributed by atoms with van der Waals surface area (Å²) in [5.41, 5.74) is 3.16. The van der Waals surface area contributed by atoms with Gasteiger partial charge in [-0.05, 0) is 61.7 Å². The highest BCUT2D eigenvalue weighted by molar-refractivity contribution is 7.88. The highest BCUT2D eigenvalue weighted by Gasteiger charge is 2.16. The Morgan fingerprint density at radius 1 is 1.04 bits per heavy atom. The number of ether oxygens (including phenoxy) is 1. The molecule has 2 N–H and O–H groups in total. The fourth-order valence-corrected chi connectivity index (χ4v) is 3.79. The van der Waals surface area contributed by atoms with Crippen molar-refractivity contribution in [2.24, 2.45) is 0 Å². The number of hydrogen-bond acceptors (Lipinski definition) is 4. The van der Waals surface area contributed by atoms with Crippen LogP contribution in [0.3, 0.4) is 0 Å². The van der Waals surface area contributed by atoms with Crippen molar-refractivity contribution in [1.82, 2.24) is 4.72 Å². The third-order valence-electron chi connectivity index (χ3n) is 3.88. The largest absolute Gasteiger partial charge is 0.494 e. The fourth-order valence-electron chi connectivity index (χ4n) is 2.50. The van der Waals surface area contributed by atoms with E-state index in [4.69, 9.17) is 4.74 Å². The van der Waals surface area contributed by atoms with Crippen LogP contribution in [-0.4, -0.2) is 27.5 Å². The molecule has 26 heavy (non-hydrogen) atoms. The van der Waals surface area contributed by atoms with E-state index < -0.39 is 15.9 Å². The summed E-state index contributed by atoms with van der Waals surface area (Å²) in [4.78, 5) is 12.0. The van der Waals surface area contributed by atoms with Crippen LogP contribution in [0.2, 0.25) is 0 Å². The highest BCUT2D eigenvalue weighted by Crippen LogP contribution is 2.17. The van der Waals surface area contributed by atoms with Gasteiger partial charge in [0.2, 0.25) is 15.9 Å². The molecule has 0 aliphatic rings. The molecule has 0 bridgehead atoms. The molecule has 1 amide bonds. The standard InChI is InChI=1S/C19H24N2O4S/c1-4-25-17-10-8-16(9-11-17)21-19(22)12-20-26(23,24)13-18-14(2)6-5-7-15(18)3/h5-11,20H,4,12-13H2,1-3H3,(H,21,22). The molecule has 0 unspecified atom stereocenters. The number of amides is 1. The molecule has 140 valence electrons. The number of carbonyl (C=O) groups is 1. The van der Waals surface area contributed by atoms with Gasteiger partial charge >= 0.3 is 0 Å². The Labute approximate surface area is 154 Å². The predicted molar refractivity (Wildman–Crippen MR) is 103 cm³/mol. The predicted octanol–water partition coefficient (Wildman–Crippen LogP) is 2.76. The number of anilines is 1. The average molecular weight is 376 g/mol. The van der Waals surface area contributed by atoms with Crippen LogP contribution in [-0.2, 0) is 20.6 Å². The second-order valence-corrected chi connectivity index (χ2v) is 7.76. The topological polar surface area (TPSA) is 84.5 Å². The maximum absolute atomic E-state index is 12.3. The van der Waals surface area contributed by atoms with Gasteiger partial charge in [0.1, 0.15) is 5.75 Å². The molecule has 0 saturated carbocycles. The fraction of sp³-hybridized carbons (Fsp3) is 0.316. The van der Waals surface area contributed by atoms with Crippen LogP contribution in [0, 0.1) is 13.8 Å². The smallest absolute Gasteiger partial charge is 0.239 e. The van der Waals surface area contributed by atoms with Gasteiger partial charge in [-0.1, -0.05) is 18.2 Å². The Morgan fingerprint density at radius 2 is 1.65 bits per heavy atom. The maximum Gasteiger partial charge on any atom is 0.239 e. The molecule has 0 saturated heterocycles. The lowest BCUT2D eigenvalue weighted by Crippen LogP contribution is -2.33. The first-order valence-corrected chi connectivity index (χ1v) is 10.0. The van der Waals surface area contributed by atoms with E-state index in [0.29, 0.717) is 18.0 Å². The van der Waals surface area contributed by atoms with E-state index >= 15 is 0 Å². The van der Waals surface area contributed by atoms with Crippen molar-refractivity contribution >= 4 is 21.6 Å². The lowest BCUT2D eigenvalue weighted by atomic mass is 10.1. The molecule has 0 spiro atoms. The highest BCUT2D eigenvalue weighted by atomic mass is 32.2. The quantitative estimate of drug-likeness (QED) is 0.742. The van der Waals surface area contributed by atoms with Gasteiger partial charge in [-0.2, -0.15) is 0 Å². The van der Waals surface area contributed by atoms with Gasteiger partial charge in [0.25, 0.3) is 0 Å². The summed E-state index contributed by atoms with van der Waals surface area (Å²) in [5.74, 6) is 0.126. The van der Waals surface area contributed by atoms with Crippen LogP contribution in [0.25, 0.3) is 0 Å². The van der Waals surface area contributed by atoms with E-state index in [9.17, 15) is 13.2 Å². The molecule has 7 heteroatoms. The Hall–Kier alpha value is -2.38. The molecule has 2 aromatic carbocycles. The van der Waals surface area contributed by atoms with Crippen molar-refractivity contribution in [2.75, 3.05) is 18.5 Å². The SMILES string of the molecule is CCOc1ccc(NC(=O)CNS(=O)(=O)Cc2c(C)cccc2C)cc1. The molecule has 2 aromatic rings. The van der Waals surface area contributed by atoms with Gasteiger partial charge in [0.05, 0.1) is 18.9 Å². The zero-order valence-electron chi connectivity index (χ0n) is 15.2. The van der Waals surface area contributed by atoms with Gasteiger partial charge in [0, 0.05) is 5.69 Å². The van der Waals surface area contributed by atoms with E-state index in [0.717, 1.165) is 16.7 Å².